The largest absolute Gasteiger partial charge is 0.467 e. The highest BCUT2D eigenvalue weighted by Gasteiger charge is 2.23. The van der Waals surface area contributed by atoms with Crippen LogP contribution in [0.25, 0.3) is 0 Å². The van der Waals surface area contributed by atoms with Crippen molar-refractivity contribution >= 4 is 59.7 Å². The number of nitrogens with zero attached hydrogens (tertiary/aromatic N) is 5. The minimum Gasteiger partial charge on any atom is -0.467 e. The maximum absolute atomic E-state index is 5.36. The van der Waals surface area contributed by atoms with E-state index in [-0.39, 0.29) is 0 Å². The fourth-order valence-electron chi connectivity index (χ4n) is 1.59. The molecule has 0 atom stereocenters. The van der Waals surface area contributed by atoms with E-state index in [0.29, 0.717) is 38.9 Å². The lowest BCUT2D eigenvalue weighted by Gasteiger charge is -2.26. The molecule has 0 saturated heterocycles. The molecule has 10 heteroatoms. The summed E-state index contributed by atoms with van der Waals surface area (Å²) in [7, 11) is 1.59. The summed E-state index contributed by atoms with van der Waals surface area (Å²) in [5.41, 5.74) is 0. The quantitative estimate of drug-likeness (QED) is 0.402. The molecule has 1 rings (SSSR count). The SMILES string of the molecule is COc1nc(N(SC(C)C)SC(C)C)nc(N(SC(C)C)SC(C)C)n1. The van der Waals surface area contributed by atoms with Crippen LogP contribution in [0, 0.1) is 0 Å². The summed E-state index contributed by atoms with van der Waals surface area (Å²) in [6.07, 6.45) is 0. The number of aromatic nitrogens is 3. The molecule has 0 amide bonds. The average Bonchev–Trinajstić information content (AvgIpc) is 2.51. The van der Waals surface area contributed by atoms with Crippen LogP contribution in [-0.4, -0.2) is 43.1 Å². The van der Waals surface area contributed by atoms with Crippen molar-refractivity contribution in [2.45, 2.75) is 76.4 Å². The van der Waals surface area contributed by atoms with Gasteiger partial charge in [-0.25, -0.2) is 7.42 Å². The van der Waals surface area contributed by atoms with Crippen LogP contribution in [0.1, 0.15) is 55.4 Å². The van der Waals surface area contributed by atoms with E-state index in [0.717, 1.165) is 0 Å². The highest BCUT2D eigenvalue weighted by atomic mass is 32.2. The first-order valence-electron chi connectivity index (χ1n) is 8.69. The van der Waals surface area contributed by atoms with Gasteiger partial charge in [0.2, 0.25) is 0 Å². The van der Waals surface area contributed by atoms with Crippen LogP contribution in [0.15, 0.2) is 0 Å². The Balaban J connectivity index is 3.28. The Morgan fingerprint density at radius 2 is 0.923 bits per heavy atom. The molecule has 0 aliphatic carbocycles. The molecule has 0 radical (unpaired) electrons. The Morgan fingerprint density at radius 3 is 1.15 bits per heavy atom. The predicted molar refractivity (Wildman–Crippen MR) is 122 cm³/mol. The Bertz CT molecular complexity index is 483. The molecular formula is C16H31N5OS4. The van der Waals surface area contributed by atoms with E-state index in [1.165, 1.54) is 0 Å². The maximum Gasteiger partial charge on any atom is 0.322 e. The standard InChI is InChI=1S/C16H31N5OS4/c1-10(2)23-20(24-11(3)4)14-17-15(19-16(18-14)22-9)21(25-12(5)6)26-13(7)8/h10-13H,1-9H3. The van der Waals surface area contributed by atoms with Crippen molar-refractivity contribution in [2.24, 2.45) is 0 Å². The van der Waals surface area contributed by atoms with Crippen molar-refractivity contribution in [1.82, 2.24) is 15.0 Å². The monoisotopic (exact) mass is 437 g/mol. The van der Waals surface area contributed by atoms with Crippen molar-refractivity contribution in [3.05, 3.63) is 0 Å². The predicted octanol–water partition coefficient (Wildman–Crippen LogP) is 5.72. The second kappa shape index (κ2) is 11.6. The van der Waals surface area contributed by atoms with E-state index in [1.807, 2.05) is 0 Å². The van der Waals surface area contributed by atoms with Crippen molar-refractivity contribution < 1.29 is 4.74 Å². The van der Waals surface area contributed by atoms with Gasteiger partial charge in [-0.15, -0.1) is 0 Å². The first-order valence-corrected chi connectivity index (χ1v) is 12.0. The molecule has 6 nitrogen and oxygen atoms in total. The summed E-state index contributed by atoms with van der Waals surface area (Å²) in [6, 6.07) is 0.336. The van der Waals surface area contributed by atoms with Gasteiger partial charge >= 0.3 is 6.01 Å². The maximum atomic E-state index is 5.36. The van der Waals surface area contributed by atoms with Gasteiger partial charge in [0, 0.05) is 21.0 Å². The minimum atomic E-state index is 0.336. The molecule has 0 saturated carbocycles. The van der Waals surface area contributed by atoms with E-state index >= 15 is 0 Å². The normalized spacial score (nSPS) is 11.7. The molecule has 0 N–H and O–H groups in total. The van der Waals surface area contributed by atoms with E-state index in [9.17, 15) is 0 Å². The molecular weight excluding hydrogens is 406 g/mol. The van der Waals surface area contributed by atoms with E-state index < -0.39 is 0 Å². The summed E-state index contributed by atoms with van der Waals surface area (Å²) in [4.78, 5) is 13.7. The highest BCUT2D eigenvalue weighted by molar-refractivity contribution is 8.19. The molecule has 1 aromatic heterocycles. The van der Waals surface area contributed by atoms with E-state index in [2.05, 4.69) is 72.8 Å². The van der Waals surface area contributed by atoms with Gasteiger partial charge in [-0.1, -0.05) is 55.4 Å². The summed E-state index contributed by atoms with van der Waals surface area (Å²) in [6.45, 7) is 17.3. The molecule has 0 spiro atoms. The van der Waals surface area contributed by atoms with Crippen LogP contribution in [0.5, 0.6) is 6.01 Å². The van der Waals surface area contributed by atoms with E-state index in [1.54, 1.807) is 54.9 Å². The third-order valence-corrected chi connectivity index (χ3v) is 6.47. The number of hydrogen-bond donors (Lipinski definition) is 0. The molecule has 1 aromatic rings. The molecule has 26 heavy (non-hydrogen) atoms. The molecule has 0 aromatic carbocycles. The van der Waals surface area contributed by atoms with E-state index in [4.69, 9.17) is 9.72 Å². The van der Waals surface area contributed by atoms with Gasteiger partial charge < -0.3 is 4.74 Å². The van der Waals surface area contributed by atoms with Crippen LogP contribution in [0.4, 0.5) is 11.9 Å². The first kappa shape index (κ1) is 23.8. The van der Waals surface area contributed by atoms with Crippen LogP contribution < -0.4 is 12.2 Å². The van der Waals surface area contributed by atoms with Gasteiger partial charge in [0.05, 0.1) is 7.11 Å². The van der Waals surface area contributed by atoms with Crippen LogP contribution in [0.3, 0.4) is 0 Å². The lowest BCUT2D eigenvalue weighted by molar-refractivity contribution is 0.379. The third-order valence-electron chi connectivity index (χ3n) is 2.33. The first-order chi connectivity index (χ1) is 12.1. The summed E-state index contributed by atoms with van der Waals surface area (Å²) < 4.78 is 9.50. The van der Waals surface area contributed by atoms with Crippen molar-refractivity contribution in [3.8, 4) is 6.01 Å². The number of methoxy groups -OCH3 is 1. The van der Waals surface area contributed by atoms with Gasteiger partial charge in [-0.3, -0.25) is 0 Å². The second-order valence-corrected chi connectivity index (χ2v) is 13.1. The molecule has 0 fully saturated rings. The smallest absolute Gasteiger partial charge is 0.322 e. The summed E-state index contributed by atoms with van der Waals surface area (Å²) in [5, 5.41) is 1.66. The Labute approximate surface area is 176 Å². The Morgan fingerprint density at radius 1 is 0.615 bits per heavy atom. The zero-order valence-electron chi connectivity index (χ0n) is 17.1. The van der Waals surface area contributed by atoms with Gasteiger partial charge in [0.25, 0.3) is 11.9 Å². The van der Waals surface area contributed by atoms with Gasteiger partial charge in [0.15, 0.2) is 0 Å². The minimum absolute atomic E-state index is 0.336. The van der Waals surface area contributed by atoms with Crippen molar-refractivity contribution in [3.63, 3.8) is 0 Å². The van der Waals surface area contributed by atoms with Crippen molar-refractivity contribution in [1.29, 1.82) is 0 Å². The molecule has 1 heterocycles. The van der Waals surface area contributed by atoms with Crippen LogP contribution in [0.2, 0.25) is 0 Å². The summed E-state index contributed by atoms with van der Waals surface area (Å²) >= 11 is 6.82. The number of hydrogen-bond acceptors (Lipinski definition) is 10. The Hall–Kier alpha value is -0.190. The second-order valence-electron chi connectivity index (χ2n) is 6.55. The number of anilines is 2. The third kappa shape index (κ3) is 8.67. The fraction of sp³-hybridized carbons (Fsp3) is 0.812. The Kier molecular flexibility index (Phi) is 10.6. The summed E-state index contributed by atoms with van der Waals surface area (Å²) in [5.74, 6) is 1.23. The van der Waals surface area contributed by atoms with Crippen LogP contribution in [-0.2, 0) is 0 Å². The lowest BCUT2D eigenvalue weighted by Crippen LogP contribution is -2.19. The number of rotatable bonds is 11. The topological polar surface area (TPSA) is 54.4 Å². The zero-order valence-corrected chi connectivity index (χ0v) is 20.4. The molecule has 0 aliphatic heterocycles. The van der Waals surface area contributed by atoms with Crippen LogP contribution >= 0.6 is 47.8 Å². The lowest BCUT2D eigenvalue weighted by atomic mass is 10.6. The average molecular weight is 438 g/mol. The molecule has 0 bridgehead atoms. The highest BCUT2D eigenvalue weighted by Crippen LogP contribution is 2.37. The molecule has 0 unspecified atom stereocenters. The fourth-order valence-corrected chi connectivity index (χ4v) is 6.29. The molecule has 150 valence electrons. The van der Waals surface area contributed by atoms with Gasteiger partial charge in [-0.2, -0.15) is 15.0 Å². The van der Waals surface area contributed by atoms with Gasteiger partial charge in [-0.05, 0) is 47.8 Å². The van der Waals surface area contributed by atoms with Crippen molar-refractivity contribution in [2.75, 3.05) is 14.5 Å². The van der Waals surface area contributed by atoms with Gasteiger partial charge in [0.1, 0.15) is 0 Å². The molecule has 0 aliphatic rings. The number of ether oxygens (including phenoxy) is 1. The zero-order chi connectivity index (χ0) is 19.9.